The van der Waals surface area contributed by atoms with E-state index < -0.39 is 0 Å². The molecule has 8 heteroatoms. The van der Waals surface area contributed by atoms with Crippen LogP contribution in [0.15, 0.2) is 24.3 Å². The van der Waals surface area contributed by atoms with Gasteiger partial charge in [-0.2, -0.15) is 0 Å². The molecule has 1 saturated heterocycles. The van der Waals surface area contributed by atoms with E-state index in [2.05, 4.69) is 20.9 Å². The zero-order chi connectivity index (χ0) is 19.4. The topological polar surface area (TPSA) is 75.1 Å². The number of benzene rings is 1. The number of rotatable bonds is 6. The maximum atomic E-state index is 12.7. The molecule has 1 aliphatic rings. The Labute approximate surface area is 165 Å². The van der Waals surface area contributed by atoms with E-state index >= 15 is 0 Å². The third-order valence-corrected chi connectivity index (χ3v) is 5.48. The number of piperidine rings is 1. The first-order valence-electron chi connectivity index (χ1n) is 9.30. The summed E-state index contributed by atoms with van der Waals surface area (Å²) in [7, 11) is 3.94. The molecule has 1 unspecified atom stereocenters. The van der Waals surface area contributed by atoms with E-state index in [-0.39, 0.29) is 11.9 Å². The maximum absolute atomic E-state index is 12.7. The fraction of sp³-hybridized carbons (Fsp3) is 0.526. The summed E-state index contributed by atoms with van der Waals surface area (Å²) >= 11 is 6.34. The number of halogens is 1. The zero-order valence-electron chi connectivity index (χ0n) is 16.1. The van der Waals surface area contributed by atoms with E-state index in [1.54, 1.807) is 0 Å². The van der Waals surface area contributed by atoms with Crippen LogP contribution < -0.4 is 10.6 Å². The van der Waals surface area contributed by atoms with Crippen molar-refractivity contribution in [3.8, 4) is 0 Å². The largest absolute Gasteiger partial charge is 0.349 e. The van der Waals surface area contributed by atoms with E-state index in [4.69, 9.17) is 11.6 Å². The predicted molar refractivity (Wildman–Crippen MR) is 106 cm³/mol. The Kier molecular flexibility index (Phi) is 6.46. The highest BCUT2D eigenvalue weighted by Gasteiger charge is 2.24. The number of amides is 1. The summed E-state index contributed by atoms with van der Waals surface area (Å²) in [4.78, 5) is 14.8. The Morgan fingerprint density at radius 3 is 2.74 bits per heavy atom. The monoisotopic (exact) mass is 390 g/mol. The summed E-state index contributed by atoms with van der Waals surface area (Å²) in [6, 6.07) is 7.98. The lowest BCUT2D eigenvalue weighted by atomic mass is 10.1. The van der Waals surface area contributed by atoms with Crippen LogP contribution in [0.4, 0.5) is 0 Å². The first kappa shape index (κ1) is 19.8. The van der Waals surface area contributed by atoms with Crippen molar-refractivity contribution in [1.29, 1.82) is 0 Å². The third kappa shape index (κ3) is 4.48. The fourth-order valence-electron chi connectivity index (χ4n) is 3.54. The fourth-order valence-corrected chi connectivity index (χ4v) is 3.80. The van der Waals surface area contributed by atoms with Crippen molar-refractivity contribution < 1.29 is 4.79 Å². The van der Waals surface area contributed by atoms with Crippen LogP contribution in [-0.4, -0.2) is 59.5 Å². The SMILES string of the molecule is Cc1c(C(=O)NCC(c2ccccc2Cl)N(C)C)nnn1C1CCNCC1. The summed E-state index contributed by atoms with van der Waals surface area (Å²) < 4.78 is 1.90. The Morgan fingerprint density at radius 1 is 1.37 bits per heavy atom. The van der Waals surface area contributed by atoms with Gasteiger partial charge in [-0.05, 0) is 58.6 Å². The zero-order valence-corrected chi connectivity index (χ0v) is 16.8. The Balaban J connectivity index is 1.69. The van der Waals surface area contributed by atoms with Crippen LogP contribution in [0.2, 0.25) is 5.02 Å². The van der Waals surface area contributed by atoms with Crippen molar-refractivity contribution in [2.45, 2.75) is 31.8 Å². The molecule has 1 aliphatic heterocycles. The van der Waals surface area contributed by atoms with Crippen molar-refractivity contribution in [1.82, 2.24) is 30.5 Å². The molecule has 0 bridgehead atoms. The standard InChI is InChI=1S/C19H27ClN6O/c1-13-18(23-24-26(13)14-8-10-21-11-9-14)19(27)22-12-17(25(2)3)15-6-4-5-7-16(15)20/h4-7,14,17,21H,8-12H2,1-3H3,(H,22,27). The molecule has 0 aliphatic carbocycles. The molecule has 27 heavy (non-hydrogen) atoms. The minimum atomic E-state index is -0.202. The van der Waals surface area contributed by atoms with E-state index in [1.165, 1.54) is 0 Å². The molecule has 1 amide bonds. The first-order chi connectivity index (χ1) is 13.0. The van der Waals surface area contributed by atoms with Gasteiger partial charge in [0, 0.05) is 11.6 Å². The molecule has 2 heterocycles. The highest BCUT2D eigenvalue weighted by Crippen LogP contribution is 2.25. The lowest BCUT2D eigenvalue weighted by molar-refractivity contribution is 0.0936. The number of hydrogen-bond donors (Lipinski definition) is 2. The van der Waals surface area contributed by atoms with Crippen LogP contribution in [0.5, 0.6) is 0 Å². The number of hydrogen-bond acceptors (Lipinski definition) is 5. The van der Waals surface area contributed by atoms with Gasteiger partial charge in [-0.3, -0.25) is 4.79 Å². The highest BCUT2D eigenvalue weighted by molar-refractivity contribution is 6.31. The van der Waals surface area contributed by atoms with Crippen LogP contribution in [0.25, 0.3) is 0 Å². The van der Waals surface area contributed by atoms with Gasteiger partial charge in [0.15, 0.2) is 5.69 Å². The Hall–Kier alpha value is -1.96. The van der Waals surface area contributed by atoms with Crippen molar-refractivity contribution >= 4 is 17.5 Å². The Bertz CT molecular complexity index is 784. The predicted octanol–water partition coefficient (Wildman–Crippen LogP) is 2.20. The van der Waals surface area contributed by atoms with Gasteiger partial charge < -0.3 is 15.5 Å². The number of likely N-dealkylation sites (N-methyl/N-ethyl adjacent to an activating group) is 1. The number of nitrogens with one attached hydrogen (secondary N) is 2. The summed E-state index contributed by atoms with van der Waals surface area (Å²) in [5.74, 6) is -0.202. The normalized spacial score (nSPS) is 16.5. The molecule has 1 aromatic heterocycles. The molecule has 0 radical (unpaired) electrons. The van der Waals surface area contributed by atoms with Gasteiger partial charge in [0.25, 0.3) is 5.91 Å². The van der Waals surface area contributed by atoms with Crippen LogP contribution >= 0.6 is 11.6 Å². The maximum Gasteiger partial charge on any atom is 0.273 e. The molecule has 2 aromatic rings. The second kappa shape index (κ2) is 8.82. The molecule has 0 spiro atoms. The molecule has 1 fully saturated rings. The average Bonchev–Trinajstić information content (AvgIpc) is 3.05. The van der Waals surface area contributed by atoms with Gasteiger partial charge in [-0.1, -0.05) is 35.0 Å². The lowest BCUT2D eigenvalue weighted by Crippen LogP contribution is -2.35. The molecule has 0 saturated carbocycles. The molecule has 146 valence electrons. The quantitative estimate of drug-likeness (QED) is 0.790. The van der Waals surface area contributed by atoms with E-state index in [0.717, 1.165) is 37.2 Å². The summed E-state index contributed by atoms with van der Waals surface area (Å²) in [6.45, 7) is 4.28. The van der Waals surface area contributed by atoms with Gasteiger partial charge in [0.1, 0.15) is 0 Å². The van der Waals surface area contributed by atoms with Gasteiger partial charge in [0.05, 0.1) is 17.8 Å². The van der Waals surface area contributed by atoms with Gasteiger partial charge in [-0.25, -0.2) is 4.68 Å². The minimum Gasteiger partial charge on any atom is -0.349 e. The first-order valence-corrected chi connectivity index (χ1v) is 9.68. The molecule has 3 rings (SSSR count). The van der Waals surface area contributed by atoms with E-state index in [1.807, 2.05) is 54.9 Å². The highest BCUT2D eigenvalue weighted by atomic mass is 35.5. The number of aromatic nitrogens is 3. The van der Waals surface area contributed by atoms with E-state index in [9.17, 15) is 4.79 Å². The second-order valence-electron chi connectivity index (χ2n) is 7.16. The van der Waals surface area contributed by atoms with Crippen LogP contribution in [-0.2, 0) is 0 Å². The van der Waals surface area contributed by atoms with Crippen molar-refractivity contribution in [2.24, 2.45) is 0 Å². The van der Waals surface area contributed by atoms with Gasteiger partial charge in [0.2, 0.25) is 0 Å². The summed E-state index contributed by atoms with van der Waals surface area (Å²) in [5, 5.41) is 15.4. The molecular weight excluding hydrogens is 364 g/mol. The smallest absolute Gasteiger partial charge is 0.273 e. The molecule has 7 nitrogen and oxygen atoms in total. The lowest BCUT2D eigenvalue weighted by Gasteiger charge is -2.26. The van der Waals surface area contributed by atoms with Crippen molar-refractivity contribution in [2.75, 3.05) is 33.7 Å². The van der Waals surface area contributed by atoms with Crippen LogP contribution in [0, 0.1) is 6.92 Å². The minimum absolute atomic E-state index is 0.0255. The van der Waals surface area contributed by atoms with Crippen molar-refractivity contribution in [3.05, 3.63) is 46.2 Å². The van der Waals surface area contributed by atoms with E-state index in [0.29, 0.717) is 23.3 Å². The van der Waals surface area contributed by atoms with Crippen LogP contribution in [0.1, 0.15) is 46.7 Å². The van der Waals surface area contributed by atoms with Crippen LogP contribution in [0.3, 0.4) is 0 Å². The summed E-state index contributed by atoms with van der Waals surface area (Å²) in [5.41, 5.74) is 2.20. The average molecular weight is 391 g/mol. The number of nitrogens with zero attached hydrogens (tertiary/aromatic N) is 4. The summed E-state index contributed by atoms with van der Waals surface area (Å²) in [6.07, 6.45) is 2.00. The molecular formula is C19H27ClN6O. The molecule has 1 aromatic carbocycles. The molecule has 2 N–H and O–H groups in total. The third-order valence-electron chi connectivity index (χ3n) is 5.14. The van der Waals surface area contributed by atoms with Gasteiger partial charge in [-0.15, -0.1) is 5.10 Å². The van der Waals surface area contributed by atoms with Crippen molar-refractivity contribution in [3.63, 3.8) is 0 Å². The van der Waals surface area contributed by atoms with Gasteiger partial charge >= 0.3 is 0 Å². The number of carbonyl (C=O) groups excluding carboxylic acids is 1. The molecule has 1 atom stereocenters. The Morgan fingerprint density at radius 2 is 2.07 bits per heavy atom. The number of carbonyl (C=O) groups is 1. The second-order valence-corrected chi connectivity index (χ2v) is 7.57.